The first-order chi connectivity index (χ1) is 20.1. The van der Waals surface area contributed by atoms with Crippen molar-refractivity contribution in [2.75, 3.05) is 36.5 Å². The summed E-state index contributed by atoms with van der Waals surface area (Å²) in [5.74, 6) is -0.397. The first kappa shape index (κ1) is 29.2. The number of aromatic nitrogens is 2. The number of hydrogen-bond donors (Lipinski definition) is 0. The topological polar surface area (TPSA) is 78.8 Å². The summed E-state index contributed by atoms with van der Waals surface area (Å²) in [5.41, 5.74) is 3.78. The summed E-state index contributed by atoms with van der Waals surface area (Å²) in [6, 6.07) is 17.7. The van der Waals surface area contributed by atoms with E-state index in [-0.39, 0.29) is 17.4 Å². The third-order valence-corrected chi connectivity index (χ3v) is 8.43. The SMILES string of the molecule is CCN1C(=O)C(C)(C)C(=O)N(C)c2cc(CCN(CCn3ccc4ccccc4c3=O)Cc3cnccc3C)ccc21. The molecule has 3 heterocycles. The largest absolute Gasteiger partial charge is 0.314 e. The highest BCUT2D eigenvalue weighted by Crippen LogP contribution is 2.38. The Morgan fingerprint density at radius 3 is 2.48 bits per heavy atom. The number of rotatable bonds is 9. The van der Waals surface area contributed by atoms with E-state index in [0.29, 0.717) is 26.2 Å². The molecule has 0 aliphatic carbocycles. The van der Waals surface area contributed by atoms with Gasteiger partial charge in [0, 0.05) is 63.7 Å². The highest BCUT2D eigenvalue weighted by molar-refractivity contribution is 6.19. The molecule has 0 radical (unpaired) electrons. The molecule has 0 bridgehead atoms. The predicted molar refractivity (Wildman–Crippen MR) is 168 cm³/mol. The van der Waals surface area contributed by atoms with Gasteiger partial charge in [-0.3, -0.25) is 24.3 Å². The van der Waals surface area contributed by atoms with Gasteiger partial charge in [-0.1, -0.05) is 24.3 Å². The van der Waals surface area contributed by atoms with Crippen LogP contribution in [0, 0.1) is 12.3 Å². The number of hydrogen-bond acceptors (Lipinski definition) is 5. The number of pyridine rings is 2. The van der Waals surface area contributed by atoms with Gasteiger partial charge in [0.2, 0.25) is 11.8 Å². The molecule has 8 nitrogen and oxygen atoms in total. The van der Waals surface area contributed by atoms with E-state index in [1.165, 1.54) is 5.56 Å². The summed E-state index contributed by atoms with van der Waals surface area (Å²) in [4.78, 5) is 49.7. The van der Waals surface area contributed by atoms with E-state index in [9.17, 15) is 14.4 Å². The highest BCUT2D eigenvalue weighted by Gasteiger charge is 2.45. The molecule has 218 valence electrons. The molecule has 2 aromatic heterocycles. The van der Waals surface area contributed by atoms with Crippen LogP contribution in [0.2, 0.25) is 0 Å². The Balaban J connectivity index is 1.39. The van der Waals surface area contributed by atoms with Crippen molar-refractivity contribution in [2.24, 2.45) is 5.41 Å². The molecule has 0 saturated heterocycles. The first-order valence-electron chi connectivity index (χ1n) is 14.5. The van der Waals surface area contributed by atoms with E-state index in [0.717, 1.165) is 46.2 Å². The average Bonchev–Trinajstić information content (AvgIpc) is 3.04. The van der Waals surface area contributed by atoms with Crippen LogP contribution in [0.5, 0.6) is 0 Å². The van der Waals surface area contributed by atoms with Crippen LogP contribution in [-0.2, 0) is 29.1 Å². The number of benzene rings is 2. The van der Waals surface area contributed by atoms with Crippen LogP contribution in [0.15, 0.2) is 78.0 Å². The molecular weight excluding hydrogens is 526 g/mol. The van der Waals surface area contributed by atoms with E-state index in [1.54, 1.807) is 41.5 Å². The lowest BCUT2D eigenvalue weighted by molar-refractivity contribution is -0.137. The number of nitrogens with zero attached hydrogens (tertiary/aromatic N) is 5. The van der Waals surface area contributed by atoms with Gasteiger partial charge in [0.05, 0.1) is 11.4 Å². The van der Waals surface area contributed by atoms with Gasteiger partial charge in [0.1, 0.15) is 5.41 Å². The first-order valence-corrected chi connectivity index (χ1v) is 14.5. The van der Waals surface area contributed by atoms with Crippen molar-refractivity contribution >= 4 is 34.0 Å². The molecule has 0 N–H and O–H groups in total. The molecule has 0 spiro atoms. The van der Waals surface area contributed by atoms with Crippen molar-refractivity contribution in [3.63, 3.8) is 0 Å². The second kappa shape index (κ2) is 11.9. The zero-order chi connectivity index (χ0) is 30.0. The fraction of sp³-hybridized carbons (Fsp3) is 0.353. The maximum Gasteiger partial charge on any atom is 0.258 e. The summed E-state index contributed by atoms with van der Waals surface area (Å²) < 4.78 is 1.78. The Morgan fingerprint density at radius 1 is 0.929 bits per heavy atom. The number of carbonyl (C=O) groups excluding carboxylic acids is 2. The molecule has 5 rings (SSSR count). The molecule has 1 aliphatic heterocycles. The lowest BCUT2D eigenvalue weighted by Crippen LogP contribution is -2.47. The number of aryl methyl sites for hydroxylation is 1. The fourth-order valence-electron chi connectivity index (χ4n) is 5.72. The Kier molecular flexibility index (Phi) is 8.27. The minimum atomic E-state index is -1.14. The van der Waals surface area contributed by atoms with Crippen molar-refractivity contribution in [3.05, 3.63) is 100 Å². The molecule has 0 atom stereocenters. The number of fused-ring (bicyclic) bond motifs is 2. The van der Waals surface area contributed by atoms with Crippen LogP contribution in [0.3, 0.4) is 0 Å². The van der Waals surface area contributed by atoms with Crippen LogP contribution in [0.1, 0.15) is 37.5 Å². The minimum Gasteiger partial charge on any atom is -0.314 e. The van der Waals surface area contributed by atoms with Gasteiger partial charge in [0.15, 0.2) is 0 Å². The lowest BCUT2D eigenvalue weighted by Gasteiger charge is -2.27. The second-order valence-electron chi connectivity index (χ2n) is 11.6. The Hall–Kier alpha value is -4.30. The summed E-state index contributed by atoms with van der Waals surface area (Å²) in [6.07, 6.45) is 6.33. The molecule has 42 heavy (non-hydrogen) atoms. The molecule has 8 heteroatoms. The Morgan fingerprint density at radius 2 is 1.71 bits per heavy atom. The van der Waals surface area contributed by atoms with Gasteiger partial charge in [0.25, 0.3) is 5.56 Å². The monoisotopic (exact) mass is 565 g/mol. The van der Waals surface area contributed by atoms with E-state index in [1.807, 2.05) is 73.9 Å². The van der Waals surface area contributed by atoms with Crippen molar-refractivity contribution in [2.45, 2.75) is 47.2 Å². The molecule has 0 fully saturated rings. The number of anilines is 2. The Labute approximate surface area is 247 Å². The standard InChI is InChI=1S/C34H39N5O3/c1-6-39-29-12-11-25(21-30(29)36(5)32(41)34(3,4)33(39)42)14-17-37(23-27-22-35-16-13-24(27)2)19-20-38-18-15-26-9-7-8-10-28(26)31(38)40/h7-13,15-16,18,21-22H,6,14,17,19-20,23H2,1-5H3. The fourth-order valence-corrected chi connectivity index (χ4v) is 5.72. The van der Waals surface area contributed by atoms with E-state index in [4.69, 9.17) is 0 Å². The zero-order valence-corrected chi connectivity index (χ0v) is 25.1. The molecule has 2 aromatic carbocycles. The highest BCUT2D eigenvalue weighted by atomic mass is 16.2. The number of carbonyl (C=O) groups is 2. The van der Waals surface area contributed by atoms with E-state index < -0.39 is 5.41 Å². The van der Waals surface area contributed by atoms with Crippen LogP contribution in [-0.4, -0.2) is 52.9 Å². The normalized spacial score (nSPS) is 14.9. The van der Waals surface area contributed by atoms with Gasteiger partial charge in [-0.25, -0.2) is 0 Å². The zero-order valence-electron chi connectivity index (χ0n) is 25.1. The van der Waals surface area contributed by atoms with Crippen LogP contribution in [0.4, 0.5) is 11.4 Å². The maximum atomic E-state index is 13.3. The van der Waals surface area contributed by atoms with Crippen molar-refractivity contribution in [1.82, 2.24) is 14.5 Å². The van der Waals surface area contributed by atoms with E-state index in [2.05, 4.69) is 16.8 Å². The third kappa shape index (κ3) is 5.59. The number of amides is 2. The lowest BCUT2D eigenvalue weighted by atomic mass is 9.90. The van der Waals surface area contributed by atoms with Crippen LogP contribution >= 0.6 is 0 Å². The summed E-state index contributed by atoms with van der Waals surface area (Å²) >= 11 is 0. The summed E-state index contributed by atoms with van der Waals surface area (Å²) in [6.45, 7) is 10.6. The molecule has 2 amide bonds. The van der Waals surface area contributed by atoms with Crippen molar-refractivity contribution in [3.8, 4) is 0 Å². The van der Waals surface area contributed by atoms with Crippen LogP contribution < -0.4 is 15.4 Å². The van der Waals surface area contributed by atoms with Gasteiger partial charge >= 0.3 is 0 Å². The quantitative estimate of drug-likeness (QED) is 0.272. The third-order valence-electron chi connectivity index (χ3n) is 8.43. The molecule has 1 aliphatic rings. The molecule has 4 aromatic rings. The molecule has 0 unspecified atom stereocenters. The van der Waals surface area contributed by atoms with Gasteiger partial charge in [-0.2, -0.15) is 0 Å². The maximum absolute atomic E-state index is 13.3. The molecular formula is C34H39N5O3. The summed E-state index contributed by atoms with van der Waals surface area (Å²) in [5, 5.41) is 1.67. The minimum absolute atomic E-state index is 0.0158. The van der Waals surface area contributed by atoms with Crippen molar-refractivity contribution in [1.29, 1.82) is 0 Å². The second-order valence-corrected chi connectivity index (χ2v) is 11.6. The van der Waals surface area contributed by atoms with Gasteiger partial charge in [-0.15, -0.1) is 0 Å². The van der Waals surface area contributed by atoms with Gasteiger partial charge < -0.3 is 14.4 Å². The smallest absolute Gasteiger partial charge is 0.258 e. The van der Waals surface area contributed by atoms with Crippen LogP contribution in [0.25, 0.3) is 10.8 Å². The van der Waals surface area contributed by atoms with Crippen molar-refractivity contribution < 1.29 is 9.59 Å². The predicted octanol–water partition coefficient (Wildman–Crippen LogP) is 4.81. The average molecular weight is 566 g/mol. The Bertz CT molecular complexity index is 1690. The summed E-state index contributed by atoms with van der Waals surface area (Å²) in [7, 11) is 1.75. The van der Waals surface area contributed by atoms with Gasteiger partial charge in [-0.05, 0) is 86.5 Å². The molecule has 0 saturated carbocycles. The van der Waals surface area contributed by atoms with E-state index >= 15 is 0 Å².